The minimum atomic E-state index is -0.744. The molecular formula is C25H31NO5. The number of benzene rings is 1. The molecule has 0 bridgehead atoms. The van der Waals surface area contributed by atoms with Crippen molar-refractivity contribution in [2.24, 2.45) is 0 Å². The highest BCUT2D eigenvalue weighted by Crippen LogP contribution is 2.41. The Kier molecular flexibility index (Phi) is 6.58. The van der Waals surface area contributed by atoms with Crippen molar-refractivity contribution in [2.75, 3.05) is 13.2 Å². The van der Waals surface area contributed by atoms with Crippen molar-refractivity contribution in [1.82, 2.24) is 4.90 Å². The Bertz CT molecular complexity index is 982. The third kappa shape index (κ3) is 4.38. The van der Waals surface area contributed by atoms with Crippen LogP contribution in [0, 0.1) is 0 Å². The van der Waals surface area contributed by atoms with E-state index in [1.807, 2.05) is 19.9 Å². The number of aliphatic hydroxyl groups excluding tert-OH is 1. The number of hydrogen-bond acceptors (Lipinski definition) is 5. The van der Waals surface area contributed by atoms with Crippen LogP contribution in [-0.4, -0.2) is 34.8 Å². The Morgan fingerprint density at radius 1 is 1.19 bits per heavy atom. The van der Waals surface area contributed by atoms with Gasteiger partial charge in [0.1, 0.15) is 23.3 Å². The molecule has 0 saturated carbocycles. The second-order valence-corrected chi connectivity index (χ2v) is 8.76. The number of ketones is 1. The zero-order valence-electron chi connectivity index (χ0n) is 18.9. The van der Waals surface area contributed by atoms with Crippen molar-refractivity contribution in [3.8, 4) is 5.75 Å². The number of carbonyl (C=O) groups excluding carboxylic acids is 2. The highest BCUT2D eigenvalue weighted by atomic mass is 16.5. The maximum atomic E-state index is 13.0. The van der Waals surface area contributed by atoms with Gasteiger partial charge < -0.3 is 19.2 Å². The van der Waals surface area contributed by atoms with E-state index < -0.39 is 17.7 Å². The molecule has 1 aromatic carbocycles. The van der Waals surface area contributed by atoms with Gasteiger partial charge in [0.05, 0.1) is 18.4 Å². The van der Waals surface area contributed by atoms with Gasteiger partial charge in [-0.15, -0.1) is 0 Å². The van der Waals surface area contributed by atoms with E-state index in [9.17, 15) is 14.7 Å². The Morgan fingerprint density at radius 2 is 1.94 bits per heavy atom. The van der Waals surface area contributed by atoms with Crippen molar-refractivity contribution < 1.29 is 23.8 Å². The molecule has 1 aliphatic heterocycles. The van der Waals surface area contributed by atoms with Crippen LogP contribution in [-0.2, 0) is 15.0 Å². The molecule has 2 heterocycles. The molecule has 1 N–H and O–H groups in total. The summed E-state index contributed by atoms with van der Waals surface area (Å²) in [5.41, 5.74) is 1.20. The molecule has 1 saturated heterocycles. The molecule has 1 amide bonds. The van der Waals surface area contributed by atoms with E-state index >= 15 is 0 Å². The van der Waals surface area contributed by atoms with Gasteiger partial charge in [0.15, 0.2) is 0 Å². The van der Waals surface area contributed by atoms with Gasteiger partial charge in [0.2, 0.25) is 0 Å². The number of unbranched alkanes of at least 4 members (excludes halogenated alkanes) is 1. The average molecular weight is 426 g/mol. The zero-order chi connectivity index (χ0) is 22.8. The van der Waals surface area contributed by atoms with E-state index in [-0.39, 0.29) is 16.7 Å². The number of Topliss-reactive ketones (excluding diaryl/α,β-unsaturated/α-hetero) is 1. The number of likely N-dealkylation sites (tertiary alicyclic amines) is 1. The summed E-state index contributed by atoms with van der Waals surface area (Å²) in [6.07, 6.45) is 3.13. The summed E-state index contributed by atoms with van der Waals surface area (Å²) in [6.45, 7) is 11.0. The van der Waals surface area contributed by atoms with Crippen LogP contribution in [0.25, 0.3) is 5.76 Å². The third-order valence-corrected chi connectivity index (χ3v) is 5.47. The highest BCUT2D eigenvalue weighted by Gasteiger charge is 2.47. The smallest absolute Gasteiger partial charge is 0.295 e. The van der Waals surface area contributed by atoms with Gasteiger partial charge in [-0.1, -0.05) is 34.1 Å². The van der Waals surface area contributed by atoms with E-state index in [4.69, 9.17) is 9.15 Å². The number of nitrogens with zero attached hydrogens (tertiary/aromatic N) is 1. The lowest BCUT2D eigenvalue weighted by atomic mass is 9.84. The van der Waals surface area contributed by atoms with Gasteiger partial charge in [-0.05, 0) is 49.1 Å². The molecule has 2 aromatic rings. The fraction of sp³-hybridized carbons (Fsp3) is 0.440. The number of aliphatic hydroxyl groups is 1. The van der Waals surface area contributed by atoms with E-state index in [0.717, 1.165) is 24.2 Å². The van der Waals surface area contributed by atoms with Gasteiger partial charge in [-0.3, -0.25) is 9.59 Å². The largest absolute Gasteiger partial charge is 0.507 e. The first-order chi connectivity index (χ1) is 14.7. The van der Waals surface area contributed by atoms with Gasteiger partial charge >= 0.3 is 0 Å². The number of amides is 1. The summed E-state index contributed by atoms with van der Waals surface area (Å²) in [7, 11) is 0. The number of rotatable bonds is 7. The lowest BCUT2D eigenvalue weighted by Gasteiger charge is -2.24. The van der Waals surface area contributed by atoms with E-state index in [2.05, 4.69) is 20.8 Å². The SMILES string of the molecule is CCCCN1C(=O)C(=O)/C(=C(\O)c2ccc(OCC)c(C(C)(C)C)c2)C1c1ccco1. The Morgan fingerprint density at radius 3 is 2.52 bits per heavy atom. The second-order valence-electron chi connectivity index (χ2n) is 8.76. The molecule has 3 rings (SSSR count). The van der Waals surface area contributed by atoms with Crippen LogP contribution in [0.3, 0.4) is 0 Å². The van der Waals surface area contributed by atoms with Gasteiger partial charge in [0.25, 0.3) is 11.7 Å². The summed E-state index contributed by atoms with van der Waals surface area (Å²) in [4.78, 5) is 27.3. The number of furan rings is 1. The molecule has 0 aliphatic carbocycles. The molecule has 1 aromatic heterocycles. The molecule has 1 aliphatic rings. The van der Waals surface area contributed by atoms with Crippen molar-refractivity contribution >= 4 is 17.4 Å². The summed E-state index contributed by atoms with van der Waals surface area (Å²) >= 11 is 0. The Balaban J connectivity index is 2.16. The van der Waals surface area contributed by atoms with Crippen LogP contribution >= 0.6 is 0 Å². The normalized spacial score (nSPS) is 18.6. The molecule has 6 nitrogen and oxygen atoms in total. The van der Waals surface area contributed by atoms with E-state index in [1.54, 1.807) is 24.3 Å². The second kappa shape index (κ2) is 9.00. The van der Waals surface area contributed by atoms with Crippen LogP contribution in [0.15, 0.2) is 46.6 Å². The predicted molar refractivity (Wildman–Crippen MR) is 119 cm³/mol. The van der Waals surface area contributed by atoms with E-state index in [0.29, 0.717) is 24.5 Å². The molecule has 1 atom stereocenters. The Hall–Kier alpha value is -3.02. The quantitative estimate of drug-likeness (QED) is 0.375. The Labute approximate surface area is 183 Å². The van der Waals surface area contributed by atoms with Crippen LogP contribution in [0.5, 0.6) is 5.75 Å². The minimum absolute atomic E-state index is 0.0556. The van der Waals surface area contributed by atoms with Gasteiger partial charge in [-0.25, -0.2) is 0 Å². The van der Waals surface area contributed by atoms with Crippen LogP contribution in [0.4, 0.5) is 0 Å². The molecule has 31 heavy (non-hydrogen) atoms. The summed E-state index contributed by atoms with van der Waals surface area (Å²) in [5.74, 6) is -0.316. The van der Waals surface area contributed by atoms with Crippen molar-refractivity contribution in [1.29, 1.82) is 0 Å². The number of carbonyl (C=O) groups is 2. The molecule has 0 radical (unpaired) electrons. The monoisotopic (exact) mass is 425 g/mol. The standard InChI is InChI=1S/C25H31NO5/c1-6-8-13-26-21(19-10-9-14-31-19)20(23(28)24(26)29)22(27)16-11-12-18(30-7-2)17(15-16)25(3,4)5/h9-12,14-15,21,27H,6-8,13H2,1-5H3/b22-20-. The average Bonchev–Trinajstić information content (AvgIpc) is 3.33. The topological polar surface area (TPSA) is 80.0 Å². The van der Waals surface area contributed by atoms with Crippen molar-refractivity contribution in [2.45, 2.75) is 58.9 Å². The van der Waals surface area contributed by atoms with Crippen molar-refractivity contribution in [3.05, 3.63) is 59.1 Å². The van der Waals surface area contributed by atoms with E-state index in [1.165, 1.54) is 11.2 Å². The molecule has 166 valence electrons. The minimum Gasteiger partial charge on any atom is -0.507 e. The lowest BCUT2D eigenvalue weighted by molar-refractivity contribution is -0.140. The van der Waals surface area contributed by atoms with Crippen LogP contribution in [0.1, 0.15) is 70.4 Å². The molecular weight excluding hydrogens is 394 g/mol. The molecule has 1 unspecified atom stereocenters. The third-order valence-electron chi connectivity index (χ3n) is 5.47. The first kappa shape index (κ1) is 22.7. The highest BCUT2D eigenvalue weighted by molar-refractivity contribution is 6.46. The maximum Gasteiger partial charge on any atom is 0.295 e. The predicted octanol–water partition coefficient (Wildman–Crippen LogP) is 5.20. The molecule has 6 heteroatoms. The maximum absolute atomic E-state index is 13.0. The first-order valence-corrected chi connectivity index (χ1v) is 10.8. The van der Waals surface area contributed by atoms with Gasteiger partial charge in [-0.2, -0.15) is 0 Å². The van der Waals surface area contributed by atoms with Crippen LogP contribution in [0.2, 0.25) is 0 Å². The summed E-state index contributed by atoms with van der Waals surface area (Å²) < 4.78 is 11.3. The van der Waals surface area contributed by atoms with Crippen molar-refractivity contribution in [3.63, 3.8) is 0 Å². The number of ether oxygens (including phenoxy) is 1. The molecule has 0 spiro atoms. The number of hydrogen-bond donors (Lipinski definition) is 1. The summed E-state index contributed by atoms with van der Waals surface area (Å²) in [6, 6.07) is 8.04. The molecule has 1 fully saturated rings. The van der Waals surface area contributed by atoms with Gasteiger partial charge in [0, 0.05) is 17.7 Å². The van der Waals surface area contributed by atoms with Crippen LogP contribution < -0.4 is 4.74 Å². The lowest BCUT2D eigenvalue weighted by Crippen LogP contribution is -2.30. The fourth-order valence-electron chi connectivity index (χ4n) is 3.88. The fourth-order valence-corrected chi connectivity index (χ4v) is 3.88. The first-order valence-electron chi connectivity index (χ1n) is 10.8. The summed E-state index contributed by atoms with van der Waals surface area (Å²) in [5, 5.41) is 11.2. The zero-order valence-corrected chi connectivity index (χ0v) is 18.9.